The fraction of sp³-hybridized carbons (Fsp3) is 0.417. The quantitative estimate of drug-likeness (QED) is 0.596. The standard InChI is InChI=1S/C12H15Cl2NO3/c1-15(2)18-12(16)4-3-7-17-11-6-5-9(13)8-10(11)14/h5-6,8H,3-4,7H2,1-2H3. The lowest BCUT2D eigenvalue weighted by Gasteiger charge is -2.10. The zero-order chi connectivity index (χ0) is 13.5. The molecular weight excluding hydrogens is 277 g/mol. The van der Waals surface area contributed by atoms with Crippen LogP contribution < -0.4 is 4.74 Å². The van der Waals surface area contributed by atoms with Gasteiger partial charge in [0.1, 0.15) is 5.75 Å². The number of carbonyl (C=O) groups excluding carboxylic acids is 1. The van der Waals surface area contributed by atoms with Crippen LogP contribution in [-0.4, -0.2) is 31.7 Å². The van der Waals surface area contributed by atoms with Crippen molar-refractivity contribution in [2.45, 2.75) is 12.8 Å². The van der Waals surface area contributed by atoms with Crippen molar-refractivity contribution in [2.75, 3.05) is 20.7 Å². The number of hydrogen-bond acceptors (Lipinski definition) is 4. The average Bonchev–Trinajstić information content (AvgIpc) is 2.25. The van der Waals surface area contributed by atoms with Gasteiger partial charge in [0.2, 0.25) is 0 Å². The van der Waals surface area contributed by atoms with E-state index in [4.69, 9.17) is 32.8 Å². The Balaban J connectivity index is 2.27. The number of nitrogens with zero attached hydrogens (tertiary/aromatic N) is 1. The minimum atomic E-state index is -0.286. The van der Waals surface area contributed by atoms with E-state index in [0.717, 1.165) is 0 Å². The predicted octanol–water partition coefficient (Wildman–Crippen LogP) is 3.17. The minimum Gasteiger partial charge on any atom is -0.492 e. The normalized spacial score (nSPS) is 10.5. The molecule has 1 rings (SSSR count). The van der Waals surface area contributed by atoms with E-state index in [1.54, 1.807) is 32.3 Å². The largest absolute Gasteiger partial charge is 0.492 e. The maximum Gasteiger partial charge on any atom is 0.325 e. The van der Waals surface area contributed by atoms with Gasteiger partial charge in [0.25, 0.3) is 0 Å². The summed E-state index contributed by atoms with van der Waals surface area (Å²) in [5, 5.41) is 2.37. The van der Waals surface area contributed by atoms with Gasteiger partial charge in [-0.05, 0) is 24.6 Å². The Morgan fingerprint density at radius 2 is 2.06 bits per heavy atom. The minimum absolute atomic E-state index is 0.286. The van der Waals surface area contributed by atoms with Crippen LogP contribution in [-0.2, 0) is 9.63 Å². The summed E-state index contributed by atoms with van der Waals surface area (Å²) in [6, 6.07) is 5.00. The van der Waals surface area contributed by atoms with Gasteiger partial charge in [-0.3, -0.25) is 4.79 Å². The maximum absolute atomic E-state index is 11.2. The summed E-state index contributed by atoms with van der Waals surface area (Å²) in [5.74, 6) is 0.271. The van der Waals surface area contributed by atoms with Gasteiger partial charge in [-0.2, -0.15) is 0 Å². The Hall–Kier alpha value is -0.970. The van der Waals surface area contributed by atoms with Crippen molar-refractivity contribution in [1.29, 1.82) is 0 Å². The molecule has 0 aliphatic rings. The van der Waals surface area contributed by atoms with Gasteiger partial charge < -0.3 is 9.57 Å². The van der Waals surface area contributed by atoms with Crippen LogP contribution in [0.2, 0.25) is 10.0 Å². The Morgan fingerprint density at radius 3 is 2.67 bits per heavy atom. The monoisotopic (exact) mass is 291 g/mol. The smallest absolute Gasteiger partial charge is 0.325 e. The topological polar surface area (TPSA) is 38.8 Å². The van der Waals surface area contributed by atoms with Crippen LogP contribution in [0.1, 0.15) is 12.8 Å². The van der Waals surface area contributed by atoms with E-state index in [9.17, 15) is 4.79 Å². The van der Waals surface area contributed by atoms with E-state index in [1.165, 1.54) is 5.06 Å². The summed E-state index contributed by atoms with van der Waals surface area (Å²) in [6.07, 6.45) is 0.856. The summed E-state index contributed by atoms with van der Waals surface area (Å²) >= 11 is 11.7. The highest BCUT2D eigenvalue weighted by Gasteiger charge is 2.06. The van der Waals surface area contributed by atoms with Crippen molar-refractivity contribution in [3.63, 3.8) is 0 Å². The second kappa shape index (κ2) is 7.46. The molecular formula is C12H15Cl2NO3. The van der Waals surface area contributed by atoms with Gasteiger partial charge in [0.15, 0.2) is 0 Å². The van der Waals surface area contributed by atoms with E-state index in [-0.39, 0.29) is 5.97 Å². The van der Waals surface area contributed by atoms with Crippen LogP contribution in [0.25, 0.3) is 0 Å². The van der Waals surface area contributed by atoms with E-state index >= 15 is 0 Å². The van der Waals surface area contributed by atoms with Crippen LogP contribution in [0.4, 0.5) is 0 Å². The van der Waals surface area contributed by atoms with Crippen LogP contribution in [0, 0.1) is 0 Å². The molecule has 0 unspecified atom stereocenters. The Kier molecular flexibility index (Phi) is 6.25. The van der Waals surface area contributed by atoms with Gasteiger partial charge in [0, 0.05) is 19.1 Å². The predicted molar refractivity (Wildman–Crippen MR) is 71.0 cm³/mol. The van der Waals surface area contributed by atoms with E-state index in [1.807, 2.05) is 0 Å². The lowest BCUT2D eigenvalue weighted by molar-refractivity contribution is -0.178. The molecule has 0 saturated carbocycles. The molecule has 1 aromatic carbocycles. The summed E-state index contributed by atoms with van der Waals surface area (Å²) in [5.41, 5.74) is 0. The number of carbonyl (C=O) groups is 1. The molecule has 0 aliphatic heterocycles. The van der Waals surface area contributed by atoms with Gasteiger partial charge in [-0.1, -0.05) is 23.2 Å². The molecule has 0 saturated heterocycles. The molecule has 6 heteroatoms. The van der Waals surface area contributed by atoms with Crippen molar-refractivity contribution >= 4 is 29.2 Å². The van der Waals surface area contributed by atoms with E-state index < -0.39 is 0 Å². The molecule has 100 valence electrons. The van der Waals surface area contributed by atoms with Crippen LogP contribution in [0.5, 0.6) is 5.75 Å². The summed E-state index contributed by atoms with van der Waals surface area (Å²) < 4.78 is 5.44. The molecule has 0 atom stereocenters. The third-order valence-electron chi connectivity index (χ3n) is 1.96. The third-order valence-corrected chi connectivity index (χ3v) is 2.49. The SMILES string of the molecule is CN(C)OC(=O)CCCOc1ccc(Cl)cc1Cl. The fourth-order valence-electron chi connectivity index (χ4n) is 1.24. The second-order valence-electron chi connectivity index (χ2n) is 3.80. The Morgan fingerprint density at radius 1 is 1.33 bits per heavy atom. The van der Waals surface area contributed by atoms with Gasteiger partial charge in [0.05, 0.1) is 18.1 Å². The molecule has 18 heavy (non-hydrogen) atoms. The van der Waals surface area contributed by atoms with E-state index in [2.05, 4.69) is 0 Å². The number of rotatable bonds is 6. The summed E-state index contributed by atoms with van der Waals surface area (Å²) in [4.78, 5) is 16.1. The first-order valence-electron chi connectivity index (χ1n) is 5.45. The van der Waals surface area contributed by atoms with Gasteiger partial charge >= 0.3 is 5.97 Å². The zero-order valence-electron chi connectivity index (χ0n) is 10.3. The first kappa shape index (κ1) is 15.1. The van der Waals surface area contributed by atoms with Crippen molar-refractivity contribution < 1.29 is 14.4 Å². The molecule has 4 nitrogen and oxygen atoms in total. The first-order chi connectivity index (χ1) is 8.49. The zero-order valence-corrected chi connectivity index (χ0v) is 11.8. The molecule has 0 aromatic heterocycles. The molecule has 0 N–H and O–H groups in total. The highest BCUT2D eigenvalue weighted by Crippen LogP contribution is 2.27. The van der Waals surface area contributed by atoms with Gasteiger partial charge in [-0.15, -0.1) is 5.06 Å². The van der Waals surface area contributed by atoms with Crippen LogP contribution >= 0.6 is 23.2 Å². The highest BCUT2D eigenvalue weighted by molar-refractivity contribution is 6.35. The van der Waals surface area contributed by atoms with Crippen molar-refractivity contribution in [3.8, 4) is 5.75 Å². The molecule has 1 aromatic rings. The lowest BCUT2D eigenvalue weighted by atomic mass is 10.3. The molecule has 0 radical (unpaired) electrons. The lowest BCUT2D eigenvalue weighted by Crippen LogP contribution is -2.18. The van der Waals surface area contributed by atoms with Crippen LogP contribution in [0.15, 0.2) is 18.2 Å². The van der Waals surface area contributed by atoms with Crippen molar-refractivity contribution in [1.82, 2.24) is 5.06 Å². The summed E-state index contributed by atoms with van der Waals surface area (Å²) in [7, 11) is 3.31. The first-order valence-corrected chi connectivity index (χ1v) is 6.20. The van der Waals surface area contributed by atoms with Gasteiger partial charge in [-0.25, -0.2) is 0 Å². The molecule has 0 bridgehead atoms. The average molecular weight is 292 g/mol. The molecule has 0 amide bonds. The van der Waals surface area contributed by atoms with E-state index in [0.29, 0.717) is 35.2 Å². The number of halogens is 2. The number of ether oxygens (including phenoxy) is 1. The Labute approximate surface area is 116 Å². The number of benzene rings is 1. The number of hydrogen-bond donors (Lipinski definition) is 0. The molecule has 0 heterocycles. The second-order valence-corrected chi connectivity index (χ2v) is 4.65. The highest BCUT2D eigenvalue weighted by atomic mass is 35.5. The fourth-order valence-corrected chi connectivity index (χ4v) is 1.70. The summed E-state index contributed by atoms with van der Waals surface area (Å²) in [6.45, 7) is 0.393. The Bertz CT molecular complexity index is 410. The number of hydroxylamine groups is 2. The van der Waals surface area contributed by atoms with Crippen molar-refractivity contribution in [3.05, 3.63) is 28.2 Å². The third kappa shape index (κ3) is 5.58. The van der Waals surface area contributed by atoms with Crippen LogP contribution in [0.3, 0.4) is 0 Å². The maximum atomic E-state index is 11.2. The molecule has 0 aliphatic carbocycles. The molecule has 0 fully saturated rings. The van der Waals surface area contributed by atoms with Crippen molar-refractivity contribution in [2.24, 2.45) is 0 Å². The molecule has 0 spiro atoms.